The molecule has 0 saturated heterocycles. The summed E-state index contributed by atoms with van der Waals surface area (Å²) in [6.07, 6.45) is 4.37. The lowest BCUT2D eigenvalue weighted by molar-refractivity contribution is -0.138. The van der Waals surface area contributed by atoms with E-state index in [-0.39, 0.29) is 23.6 Å². The molecular weight excluding hydrogens is 272 g/mol. The first-order valence-electron chi connectivity index (χ1n) is 6.18. The van der Waals surface area contributed by atoms with Crippen LogP contribution >= 0.6 is 0 Å². The average molecular weight is 286 g/mol. The van der Waals surface area contributed by atoms with E-state index < -0.39 is 11.9 Å². The minimum Gasteiger partial charge on any atom is -0.472 e. The van der Waals surface area contributed by atoms with Gasteiger partial charge >= 0.3 is 5.97 Å². The van der Waals surface area contributed by atoms with Crippen molar-refractivity contribution in [1.29, 1.82) is 5.26 Å². The van der Waals surface area contributed by atoms with Crippen LogP contribution < -0.4 is 5.73 Å². The second-order valence-corrected chi connectivity index (χ2v) is 4.34. The number of carbonyl (C=O) groups excluding carboxylic acids is 1. The molecule has 1 aliphatic heterocycles. The highest BCUT2D eigenvalue weighted by Gasteiger charge is 2.36. The summed E-state index contributed by atoms with van der Waals surface area (Å²) >= 11 is 0. The number of nitrogens with zero attached hydrogens (tertiary/aromatic N) is 1. The van der Waals surface area contributed by atoms with Crippen molar-refractivity contribution in [1.82, 2.24) is 0 Å². The van der Waals surface area contributed by atoms with Gasteiger partial charge in [0.2, 0.25) is 5.88 Å². The zero-order valence-corrected chi connectivity index (χ0v) is 11.5. The van der Waals surface area contributed by atoms with Crippen LogP contribution in [0.1, 0.15) is 18.4 Å². The molecule has 0 fully saturated rings. The first-order chi connectivity index (χ1) is 10.1. The van der Waals surface area contributed by atoms with E-state index in [9.17, 15) is 10.1 Å². The normalized spacial score (nSPS) is 18.0. The summed E-state index contributed by atoms with van der Waals surface area (Å²) in [4.78, 5) is 12.2. The maximum Gasteiger partial charge on any atom is 0.338 e. The van der Waals surface area contributed by atoms with Gasteiger partial charge in [0, 0.05) is 5.56 Å². The standard InChI is InChI=1S/C15H14N2O4/c1-3-5-20-15(18)12-9(2)21-14(17)11(7-16)13(12)10-4-6-19-8-10/h3-4,6,8,13H,1,5,17H2,2H3/t13-/m1/s1. The van der Waals surface area contributed by atoms with Gasteiger partial charge in [-0.1, -0.05) is 12.7 Å². The predicted molar refractivity (Wildman–Crippen MR) is 73.2 cm³/mol. The molecule has 21 heavy (non-hydrogen) atoms. The van der Waals surface area contributed by atoms with Gasteiger partial charge in [0.15, 0.2) is 0 Å². The lowest BCUT2D eigenvalue weighted by atomic mass is 9.84. The molecule has 0 radical (unpaired) electrons. The summed E-state index contributed by atoms with van der Waals surface area (Å²) in [5.74, 6) is -0.980. The van der Waals surface area contributed by atoms with E-state index in [1.165, 1.54) is 18.6 Å². The predicted octanol–water partition coefficient (Wildman–Crippen LogP) is 2.09. The molecule has 0 saturated carbocycles. The Morgan fingerprint density at radius 3 is 3.00 bits per heavy atom. The molecule has 0 bridgehead atoms. The van der Waals surface area contributed by atoms with E-state index in [0.717, 1.165) is 0 Å². The Morgan fingerprint density at radius 1 is 1.67 bits per heavy atom. The SMILES string of the molecule is C=CCOC(=O)C1=C(C)OC(N)=C(C#N)[C@H]1c1ccoc1. The Bertz CT molecular complexity index is 662. The van der Waals surface area contributed by atoms with Gasteiger partial charge in [-0.3, -0.25) is 0 Å². The van der Waals surface area contributed by atoms with Crippen molar-refractivity contribution in [3.63, 3.8) is 0 Å². The van der Waals surface area contributed by atoms with Crippen molar-refractivity contribution in [2.45, 2.75) is 12.8 Å². The van der Waals surface area contributed by atoms with Crippen LogP contribution in [0.3, 0.4) is 0 Å². The van der Waals surface area contributed by atoms with Gasteiger partial charge in [-0.25, -0.2) is 4.79 Å². The molecule has 0 amide bonds. The fourth-order valence-electron chi connectivity index (χ4n) is 2.13. The molecule has 0 spiro atoms. The summed E-state index contributed by atoms with van der Waals surface area (Å²) in [7, 11) is 0. The highest BCUT2D eigenvalue weighted by molar-refractivity contribution is 5.92. The molecule has 2 rings (SSSR count). The summed E-state index contributed by atoms with van der Waals surface area (Å²) in [5.41, 5.74) is 6.74. The van der Waals surface area contributed by atoms with Gasteiger partial charge in [-0.05, 0) is 13.0 Å². The summed E-state index contributed by atoms with van der Waals surface area (Å²) in [6.45, 7) is 5.15. The molecule has 6 nitrogen and oxygen atoms in total. The Hall–Kier alpha value is -2.94. The van der Waals surface area contributed by atoms with Gasteiger partial charge in [0.25, 0.3) is 0 Å². The highest BCUT2D eigenvalue weighted by Crippen LogP contribution is 2.39. The number of ether oxygens (including phenoxy) is 2. The first kappa shape index (κ1) is 14.5. The van der Waals surface area contributed by atoms with Crippen LogP contribution in [-0.4, -0.2) is 12.6 Å². The number of esters is 1. The molecule has 0 aliphatic carbocycles. The van der Waals surface area contributed by atoms with Crippen LogP contribution in [0.4, 0.5) is 0 Å². The third kappa shape index (κ3) is 2.67. The minimum atomic E-state index is -0.667. The second-order valence-electron chi connectivity index (χ2n) is 4.34. The Balaban J connectivity index is 2.49. The van der Waals surface area contributed by atoms with Gasteiger partial charge < -0.3 is 19.6 Å². The minimum absolute atomic E-state index is 0.0264. The number of nitriles is 1. The zero-order chi connectivity index (χ0) is 15.4. The molecule has 0 aromatic carbocycles. The van der Waals surface area contributed by atoms with E-state index in [0.29, 0.717) is 11.3 Å². The van der Waals surface area contributed by atoms with E-state index in [1.807, 2.05) is 6.07 Å². The molecule has 0 unspecified atom stereocenters. The largest absolute Gasteiger partial charge is 0.472 e. The lowest BCUT2D eigenvalue weighted by Gasteiger charge is -2.25. The van der Waals surface area contributed by atoms with Crippen molar-refractivity contribution < 1.29 is 18.7 Å². The molecule has 2 N–H and O–H groups in total. The van der Waals surface area contributed by atoms with Crippen molar-refractivity contribution in [2.75, 3.05) is 6.61 Å². The van der Waals surface area contributed by atoms with Crippen LogP contribution in [0.15, 0.2) is 58.5 Å². The zero-order valence-electron chi connectivity index (χ0n) is 11.5. The van der Waals surface area contributed by atoms with E-state index in [2.05, 4.69) is 6.58 Å². The first-order valence-corrected chi connectivity index (χ1v) is 6.18. The lowest BCUT2D eigenvalue weighted by Crippen LogP contribution is -2.25. The molecule has 1 aromatic heterocycles. The molecule has 6 heteroatoms. The fraction of sp³-hybridized carbons (Fsp3) is 0.200. The molecule has 1 aliphatic rings. The van der Waals surface area contributed by atoms with Crippen LogP contribution in [0.25, 0.3) is 0 Å². The van der Waals surface area contributed by atoms with Gasteiger partial charge in [0.05, 0.1) is 24.0 Å². The number of hydrogen-bond donors (Lipinski definition) is 1. The number of furan rings is 1. The monoisotopic (exact) mass is 286 g/mol. The number of allylic oxidation sites excluding steroid dienone is 2. The quantitative estimate of drug-likeness (QED) is 0.672. The molecule has 2 heterocycles. The van der Waals surface area contributed by atoms with Crippen LogP contribution in [-0.2, 0) is 14.3 Å². The van der Waals surface area contributed by atoms with E-state index in [1.54, 1.807) is 13.0 Å². The summed E-state index contributed by atoms with van der Waals surface area (Å²) < 4.78 is 15.4. The van der Waals surface area contributed by atoms with Crippen molar-refractivity contribution in [2.24, 2.45) is 5.73 Å². The fourth-order valence-corrected chi connectivity index (χ4v) is 2.13. The number of rotatable bonds is 4. The van der Waals surface area contributed by atoms with Gasteiger partial charge in [-0.15, -0.1) is 0 Å². The number of carbonyl (C=O) groups is 1. The molecule has 1 atom stereocenters. The average Bonchev–Trinajstić information content (AvgIpc) is 2.97. The molecular formula is C15H14N2O4. The Morgan fingerprint density at radius 2 is 2.43 bits per heavy atom. The van der Waals surface area contributed by atoms with Crippen LogP contribution in [0.5, 0.6) is 0 Å². The van der Waals surface area contributed by atoms with Crippen LogP contribution in [0.2, 0.25) is 0 Å². The van der Waals surface area contributed by atoms with Gasteiger partial charge in [0.1, 0.15) is 24.0 Å². The third-order valence-electron chi connectivity index (χ3n) is 3.03. The Labute approximate surface area is 121 Å². The molecule has 108 valence electrons. The van der Waals surface area contributed by atoms with Crippen molar-refractivity contribution in [3.8, 4) is 6.07 Å². The third-order valence-corrected chi connectivity index (χ3v) is 3.03. The van der Waals surface area contributed by atoms with E-state index >= 15 is 0 Å². The summed E-state index contributed by atoms with van der Waals surface area (Å²) in [5, 5.41) is 9.30. The molecule has 1 aromatic rings. The maximum atomic E-state index is 12.2. The highest BCUT2D eigenvalue weighted by atomic mass is 16.5. The summed E-state index contributed by atoms with van der Waals surface area (Å²) in [6, 6.07) is 3.64. The van der Waals surface area contributed by atoms with Crippen molar-refractivity contribution in [3.05, 3.63) is 59.6 Å². The van der Waals surface area contributed by atoms with Crippen molar-refractivity contribution >= 4 is 5.97 Å². The maximum absolute atomic E-state index is 12.2. The number of nitrogens with two attached hydrogens (primary N) is 1. The topological polar surface area (TPSA) is 98.5 Å². The van der Waals surface area contributed by atoms with Crippen LogP contribution in [0, 0.1) is 11.3 Å². The van der Waals surface area contributed by atoms with Gasteiger partial charge in [-0.2, -0.15) is 5.26 Å². The smallest absolute Gasteiger partial charge is 0.338 e. The number of hydrogen-bond acceptors (Lipinski definition) is 6. The second kappa shape index (κ2) is 6.01. The Kier molecular flexibility index (Phi) is 4.14. The van der Waals surface area contributed by atoms with E-state index in [4.69, 9.17) is 19.6 Å².